The van der Waals surface area contributed by atoms with Crippen LogP contribution in [0.5, 0.6) is 0 Å². The van der Waals surface area contributed by atoms with Crippen molar-refractivity contribution in [3.8, 4) is 6.07 Å². The molecule has 0 aliphatic carbocycles. The number of nitrogens with zero attached hydrogens (tertiary/aromatic N) is 4. The lowest BCUT2D eigenvalue weighted by Crippen LogP contribution is -2.31. The highest BCUT2D eigenvalue weighted by atomic mass is 16.5. The first-order chi connectivity index (χ1) is 15.2. The van der Waals surface area contributed by atoms with Crippen molar-refractivity contribution in [2.75, 3.05) is 24.6 Å². The highest BCUT2D eigenvalue weighted by Gasteiger charge is 2.34. The standard InChI is InChI=1S/C24H25N5O3/c1-7-24(3,4)23(31)32-14-13-29(8-2)17-11-9-16(10-12-17)19-18(15-25)20(28-22(19)30)21(26-5)27-6/h9-12H,7-8,13-14H2,1-4H3,(H,28,30). The summed E-state index contributed by atoms with van der Waals surface area (Å²) in [5.74, 6) is -1.09. The fraction of sp³-hybridized carbons (Fsp3) is 0.375. The molecule has 0 unspecified atom stereocenters. The number of allylic oxidation sites excluding steroid dienone is 1. The molecule has 32 heavy (non-hydrogen) atoms. The highest BCUT2D eigenvalue weighted by Crippen LogP contribution is 2.32. The molecule has 1 aromatic rings. The number of nitriles is 1. The zero-order chi connectivity index (χ0) is 23.9. The second-order valence-electron chi connectivity index (χ2n) is 7.74. The number of esters is 1. The second kappa shape index (κ2) is 10.3. The first-order valence-electron chi connectivity index (χ1n) is 10.2. The lowest BCUT2D eigenvalue weighted by Gasteiger charge is -2.25. The number of anilines is 1. The zero-order valence-corrected chi connectivity index (χ0v) is 18.7. The van der Waals surface area contributed by atoms with Gasteiger partial charge in [0.05, 0.1) is 23.1 Å². The van der Waals surface area contributed by atoms with Crippen molar-refractivity contribution < 1.29 is 14.3 Å². The molecular formula is C24H25N5O3. The summed E-state index contributed by atoms with van der Waals surface area (Å²) in [4.78, 5) is 32.8. The molecular weight excluding hydrogens is 406 g/mol. The monoisotopic (exact) mass is 431 g/mol. The second-order valence-corrected chi connectivity index (χ2v) is 7.74. The van der Waals surface area contributed by atoms with Crippen LogP contribution < -0.4 is 10.2 Å². The summed E-state index contributed by atoms with van der Waals surface area (Å²) in [7, 11) is 0. The van der Waals surface area contributed by atoms with Crippen LogP contribution in [-0.4, -0.2) is 31.6 Å². The van der Waals surface area contributed by atoms with Crippen LogP contribution in [0.4, 0.5) is 5.69 Å². The van der Waals surface area contributed by atoms with Gasteiger partial charge in [0.25, 0.3) is 5.91 Å². The molecule has 0 fully saturated rings. The van der Waals surface area contributed by atoms with Gasteiger partial charge in [0, 0.05) is 12.2 Å². The normalized spacial score (nSPS) is 13.0. The summed E-state index contributed by atoms with van der Waals surface area (Å²) in [6, 6.07) is 9.01. The van der Waals surface area contributed by atoms with Crippen LogP contribution in [0.15, 0.2) is 41.4 Å². The average molecular weight is 431 g/mol. The fourth-order valence-corrected chi connectivity index (χ4v) is 3.07. The van der Waals surface area contributed by atoms with E-state index in [9.17, 15) is 14.9 Å². The van der Waals surface area contributed by atoms with Crippen LogP contribution in [0.25, 0.3) is 15.3 Å². The molecule has 8 heteroatoms. The van der Waals surface area contributed by atoms with Crippen LogP contribution >= 0.6 is 0 Å². The number of carbonyl (C=O) groups excluding carboxylic acids is 2. The minimum atomic E-state index is -0.521. The Morgan fingerprint density at radius 2 is 1.84 bits per heavy atom. The van der Waals surface area contributed by atoms with E-state index in [1.54, 1.807) is 12.1 Å². The summed E-state index contributed by atoms with van der Waals surface area (Å²) >= 11 is 0. The Balaban J connectivity index is 2.22. The van der Waals surface area contributed by atoms with Crippen molar-refractivity contribution in [2.24, 2.45) is 5.41 Å². The van der Waals surface area contributed by atoms with E-state index in [2.05, 4.69) is 15.0 Å². The van der Waals surface area contributed by atoms with Gasteiger partial charge in [0.1, 0.15) is 25.8 Å². The van der Waals surface area contributed by atoms with E-state index in [-0.39, 0.29) is 35.2 Å². The number of ether oxygens (including phenoxy) is 1. The van der Waals surface area contributed by atoms with Crippen molar-refractivity contribution in [2.45, 2.75) is 34.1 Å². The van der Waals surface area contributed by atoms with Crippen LogP contribution in [0.1, 0.15) is 39.7 Å². The molecule has 164 valence electrons. The summed E-state index contributed by atoms with van der Waals surface area (Å²) in [6.07, 6.45) is 0.697. The first-order valence-corrected chi connectivity index (χ1v) is 10.2. The fourth-order valence-electron chi connectivity index (χ4n) is 3.07. The molecule has 1 heterocycles. The Kier molecular flexibility index (Phi) is 7.77. The van der Waals surface area contributed by atoms with Gasteiger partial charge in [-0.1, -0.05) is 19.1 Å². The maximum atomic E-state index is 12.5. The quantitative estimate of drug-likeness (QED) is 0.498. The SMILES string of the molecule is [C-]#[N+]C([N+]#[C-])=C1NC(=O)C(c2ccc(N(CC)CCOC(=O)C(C)(C)CC)cc2)=C1C#N. The van der Waals surface area contributed by atoms with Crippen LogP contribution in [0, 0.1) is 29.9 Å². The van der Waals surface area contributed by atoms with Crippen molar-refractivity contribution in [3.05, 3.63) is 69.8 Å². The molecule has 0 saturated carbocycles. The average Bonchev–Trinajstić information content (AvgIpc) is 3.13. The van der Waals surface area contributed by atoms with Crippen LogP contribution in [0.2, 0.25) is 0 Å². The van der Waals surface area contributed by atoms with Gasteiger partial charge in [0.2, 0.25) is 0 Å². The number of nitrogens with one attached hydrogen (secondary N) is 1. The Morgan fingerprint density at radius 3 is 2.34 bits per heavy atom. The number of likely N-dealkylation sites (N-methyl/N-ethyl adjacent to an activating group) is 1. The summed E-state index contributed by atoms with van der Waals surface area (Å²) in [5.41, 5.74) is 0.951. The van der Waals surface area contributed by atoms with Gasteiger partial charge in [-0.25, -0.2) is 0 Å². The third-order valence-corrected chi connectivity index (χ3v) is 5.45. The summed E-state index contributed by atoms with van der Waals surface area (Å²) in [5, 5.41) is 12.0. The van der Waals surface area contributed by atoms with Crippen molar-refractivity contribution in [1.29, 1.82) is 5.26 Å². The van der Waals surface area contributed by atoms with E-state index in [4.69, 9.17) is 17.9 Å². The van der Waals surface area contributed by atoms with Gasteiger partial charge < -0.3 is 15.0 Å². The van der Waals surface area contributed by atoms with E-state index < -0.39 is 11.3 Å². The Hall–Kier alpha value is -4.09. The lowest BCUT2D eigenvalue weighted by atomic mass is 9.91. The predicted molar refractivity (Wildman–Crippen MR) is 120 cm³/mol. The van der Waals surface area contributed by atoms with Crippen molar-refractivity contribution >= 4 is 23.1 Å². The molecule has 1 amide bonds. The molecule has 2 rings (SSSR count). The number of amides is 1. The molecule has 1 aromatic carbocycles. The molecule has 0 bridgehead atoms. The van der Waals surface area contributed by atoms with Crippen molar-refractivity contribution in [3.63, 3.8) is 0 Å². The predicted octanol–water partition coefficient (Wildman–Crippen LogP) is 3.91. The smallest absolute Gasteiger partial charge is 0.463 e. The Bertz CT molecular complexity index is 1080. The summed E-state index contributed by atoms with van der Waals surface area (Å²) < 4.78 is 5.42. The molecule has 1 aliphatic heterocycles. The minimum Gasteiger partial charge on any atom is -0.463 e. The third-order valence-electron chi connectivity index (χ3n) is 5.45. The van der Waals surface area contributed by atoms with E-state index >= 15 is 0 Å². The van der Waals surface area contributed by atoms with E-state index in [0.717, 1.165) is 5.69 Å². The minimum absolute atomic E-state index is 0.0115. The maximum absolute atomic E-state index is 12.5. The molecule has 1 aliphatic rings. The molecule has 0 radical (unpaired) electrons. The molecule has 1 N–H and O–H groups in total. The maximum Gasteiger partial charge on any atom is 0.544 e. The van der Waals surface area contributed by atoms with Crippen LogP contribution in [-0.2, 0) is 14.3 Å². The lowest BCUT2D eigenvalue weighted by molar-refractivity contribution is -0.153. The van der Waals surface area contributed by atoms with Gasteiger partial charge >= 0.3 is 11.8 Å². The number of hydrogen-bond acceptors (Lipinski definition) is 5. The van der Waals surface area contributed by atoms with Gasteiger partial charge in [-0.05, 0) is 44.9 Å². The topological polar surface area (TPSA) is 91.2 Å². The number of carbonyl (C=O) groups is 2. The summed E-state index contributed by atoms with van der Waals surface area (Å²) in [6.45, 7) is 23.3. The van der Waals surface area contributed by atoms with E-state index in [0.29, 0.717) is 25.1 Å². The number of benzene rings is 1. The molecule has 0 aromatic heterocycles. The highest BCUT2D eigenvalue weighted by molar-refractivity contribution is 6.25. The Morgan fingerprint density at radius 1 is 1.22 bits per heavy atom. The van der Waals surface area contributed by atoms with Gasteiger partial charge in [-0.15, -0.1) is 0 Å². The van der Waals surface area contributed by atoms with Crippen molar-refractivity contribution in [1.82, 2.24) is 5.32 Å². The van der Waals surface area contributed by atoms with Gasteiger partial charge in [-0.3, -0.25) is 9.59 Å². The van der Waals surface area contributed by atoms with E-state index in [1.165, 1.54) is 0 Å². The Labute approximate surface area is 188 Å². The number of hydrogen-bond donors (Lipinski definition) is 1. The van der Waals surface area contributed by atoms with Crippen LogP contribution in [0.3, 0.4) is 0 Å². The first kappa shape index (κ1) is 24.2. The third kappa shape index (κ3) is 4.96. The molecule has 0 spiro atoms. The molecule has 0 atom stereocenters. The van der Waals surface area contributed by atoms with E-state index in [1.807, 2.05) is 50.8 Å². The molecule has 8 nitrogen and oxygen atoms in total. The number of rotatable bonds is 8. The largest absolute Gasteiger partial charge is 0.544 e. The molecule has 0 saturated heterocycles. The van der Waals surface area contributed by atoms with Gasteiger partial charge in [-0.2, -0.15) is 15.0 Å². The zero-order valence-electron chi connectivity index (χ0n) is 18.7. The van der Waals surface area contributed by atoms with Gasteiger partial charge in [0.15, 0.2) is 5.70 Å².